The van der Waals surface area contributed by atoms with Gasteiger partial charge in [0.2, 0.25) is 0 Å². The van der Waals surface area contributed by atoms with E-state index in [1.54, 1.807) is 6.08 Å². The second kappa shape index (κ2) is 28.5. The number of hydrogen-bond donors (Lipinski definition) is 2. The molecule has 0 heterocycles. The topological polar surface area (TPSA) is 77.4 Å². The first-order valence-electron chi connectivity index (χ1n) is 14.8. The number of alkyl halides is 3. The second-order valence-electron chi connectivity index (χ2n) is 11.5. The van der Waals surface area contributed by atoms with Crippen LogP contribution in [0.4, 0.5) is 13.2 Å². The van der Waals surface area contributed by atoms with Gasteiger partial charge in [-0.1, -0.05) is 53.2 Å². The van der Waals surface area contributed by atoms with Crippen molar-refractivity contribution >= 4 is 25.9 Å². The molecule has 0 spiro atoms. The first-order valence-corrected chi connectivity index (χ1v) is 22.3. The summed E-state index contributed by atoms with van der Waals surface area (Å²) in [5.41, 5.74) is 1.32. The largest absolute Gasteiger partial charge is 0.435 e. The monoisotopic (exact) mass is 1180 g/mol. The second-order valence-corrected chi connectivity index (χ2v) is 22.6. The average Bonchev–Trinajstić information content (AvgIpc) is 2.80. The van der Waals surface area contributed by atoms with Crippen LogP contribution in [0.5, 0.6) is 0 Å². The number of hydrogen-bond acceptors (Lipinski definition) is 6. The van der Waals surface area contributed by atoms with Crippen LogP contribution in [0.25, 0.3) is 0 Å². The van der Waals surface area contributed by atoms with E-state index < -0.39 is 38.4 Å². The van der Waals surface area contributed by atoms with Crippen molar-refractivity contribution in [3.05, 3.63) is 25.3 Å². The van der Waals surface area contributed by atoms with Crippen LogP contribution >= 0.6 is 0 Å². The molecule has 0 radical (unpaired) electrons. The van der Waals surface area contributed by atoms with Gasteiger partial charge in [0.1, 0.15) is 0 Å². The van der Waals surface area contributed by atoms with Gasteiger partial charge in [-0.3, -0.25) is 0 Å². The van der Waals surface area contributed by atoms with Crippen molar-refractivity contribution in [1.29, 1.82) is 0 Å². The SMILES string of the molecule is C=CC.C=CCOC(F)C(O)(F)F.CC(C)O[SiH](C)C(C)C.CCC[Si](C)(OC(C)C)O[Si](C)(CCCO)C(C)C.[Rf].[Rf]. The van der Waals surface area contributed by atoms with Gasteiger partial charge >= 0.3 is 14.7 Å². The zero-order chi connectivity index (χ0) is 33.4. The minimum Gasteiger partial charge on any atom is -0.435 e. The van der Waals surface area contributed by atoms with Crippen molar-refractivity contribution in [3.8, 4) is 0 Å². The van der Waals surface area contributed by atoms with Gasteiger partial charge in [-0.25, -0.2) is 4.39 Å². The van der Waals surface area contributed by atoms with Gasteiger partial charge in [-0.05, 0) is 83.9 Å². The number of halogens is 3. The summed E-state index contributed by atoms with van der Waals surface area (Å²) in [5.74, 6) is 0. The first-order chi connectivity index (χ1) is 18.6. The molecular formula is C29H65F3O6Rf2Si3. The van der Waals surface area contributed by atoms with Crippen LogP contribution in [-0.4, -0.2) is 74.0 Å². The molecule has 4 atom stereocenters. The van der Waals surface area contributed by atoms with Gasteiger partial charge in [-0.2, -0.15) is 8.78 Å². The first kappa shape index (κ1) is 53.3. The molecule has 0 aliphatic rings. The fourth-order valence-corrected chi connectivity index (χ4v) is 13.8. The van der Waals surface area contributed by atoms with Crippen LogP contribution in [0.1, 0.15) is 82.1 Å². The molecule has 0 fully saturated rings. The summed E-state index contributed by atoms with van der Waals surface area (Å²) < 4.78 is 57.0. The normalized spacial score (nSPS) is 15.1. The molecule has 0 saturated carbocycles. The molecule has 0 bridgehead atoms. The summed E-state index contributed by atoms with van der Waals surface area (Å²) >= 11 is 0. The molecule has 0 aromatic rings. The quantitative estimate of drug-likeness (QED) is 0.112. The number of ether oxygens (including phenoxy) is 1. The van der Waals surface area contributed by atoms with E-state index in [9.17, 15) is 13.2 Å². The van der Waals surface area contributed by atoms with Crippen LogP contribution in [0, 0.1) is 0 Å². The Labute approximate surface area is 254 Å². The van der Waals surface area contributed by atoms with E-state index in [2.05, 4.69) is 99.8 Å². The third-order valence-corrected chi connectivity index (χ3v) is 18.4. The fraction of sp³-hybridized carbons (Fsp3) is 0.862. The molecule has 0 aromatic heterocycles. The molecule has 0 rings (SSSR count). The zero-order valence-electron chi connectivity index (χ0n) is 29.9. The third-order valence-electron chi connectivity index (χ3n) is 5.75. The smallest absolute Gasteiger partial charge is 0.409 e. The molecule has 6 nitrogen and oxygen atoms in total. The number of aliphatic hydroxyl groups is 2. The van der Waals surface area contributed by atoms with E-state index in [0.29, 0.717) is 11.6 Å². The van der Waals surface area contributed by atoms with Crippen LogP contribution < -0.4 is 0 Å². The van der Waals surface area contributed by atoms with Gasteiger partial charge in [-0.15, -0.1) is 13.2 Å². The molecule has 43 heavy (non-hydrogen) atoms. The van der Waals surface area contributed by atoms with Crippen molar-refractivity contribution in [1.82, 2.24) is 0 Å². The summed E-state index contributed by atoms with van der Waals surface area (Å²) in [6.07, 6.45) is -1.95. The van der Waals surface area contributed by atoms with Crippen LogP contribution in [0.3, 0.4) is 0 Å². The van der Waals surface area contributed by atoms with E-state index in [4.69, 9.17) is 23.2 Å². The molecule has 0 aliphatic carbocycles. The summed E-state index contributed by atoms with van der Waals surface area (Å²) in [6.45, 7) is 34.6. The van der Waals surface area contributed by atoms with Crippen molar-refractivity contribution in [2.24, 2.45) is 0 Å². The van der Waals surface area contributed by atoms with Crippen LogP contribution in [0.2, 0.25) is 42.8 Å². The number of rotatable bonds is 17. The van der Waals surface area contributed by atoms with E-state index in [0.717, 1.165) is 36.5 Å². The fourth-order valence-electron chi connectivity index (χ4n) is 3.31. The van der Waals surface area contributed by atoms with E-state index in [-0.39, 0.29) is 19.3 Å². The molecule has 0 aromatic carbocycles. The number of allylic oxidation sites excluding steroid dienone is 1. The maximum absolute atomic E-state index is 11.8. The molecule has 2 N–H and O–H groups in total. The van der Waals surface area contributed by atoms with Crippen molar-refractivity contribution in [2.75, 3.05) is 13.2 Å². The molecule has 0 aliphatic heterocycles. The summed E-state index contributed by atoms with van der Waals surface area (Å²) in [6, 6.07) is 2.08. The standard InChI is InChI=1S/C14H34O3Si2.C7H18OSi.C5H7F3O2.C3H6.2Rf/c1-8-11-19(7,16-13(2)3)17-18(6,14(4)5)12-9-10-15;1-6(2)8-9(5)7(3)4;1-2-3-10-4(6)5(7,8)9;1-3-2;;/h13-15H,8-12H2,1-7H3;6-7,9H,1-5H3;2,4,9H,1,3H2;3H,1H2,2H3;;. The maximum Gasteiger partial charge on any atom is 0.409 e. The van der Waals surface area contributed by atoms with E-state index in [1.807, 2.05) is 6.92 Å². The Bertz CT molecular complexity index is 637. The Balaban J connectivity index is -0.000000121. The van der Waals surface area contributed by atoms with E-state index in [1.165, 1.54) is 0 Å². The molecule has 254 valence electrons. The van der Waals surface area contributed by atoms with Crippen molar-refractivity contribution in [3.63, 3.8) is 0 Å². The van der Waals surface area contributed by atoms with Gasteiger partial charge in [0.05, 0.1) is 6.61 Å². The summed E-state index contributed by atoms with van der Waals surface area (Å²) in [7, 11) is -4.72. The predicted octanol–water partition coefficient (Wildman–Crippen LogP) is 8.71. The molecule has 0 saturated heterocycles. The maximum atomic E-state index is 11.8. The van der Waals surface area contributed by atoms with E-state index >= 15 is 0 Å². The Morgan fingerprint density at radius 2 is 1.42 bits per heavy atom. The predicted molar refractivity (Wildman–Crippen MR) is 176 cm³/mol. The molecule has 0 amide bonds. The zero-order valence-corrected chi connectivity index (χ0v) is 45.8. The Hall–Kier alpha value is -2.32. The van der Waals surface area contributed by atoms with Crippen molar-refractivity contribution in [2.45, 2.75) is 150 Å². The van der Waals surface area contributed by atoms with Crippen LogP contribution in [0.15, 0.2) is 25.3 Å². The summed E-state index contributed by atoms with van der Waals surface area (Å²) in [5, 5.41) is 16.8. The Morgan fingerprint density at radius 3 is 1.67 bits per heavy atom. The molecular weight excluding hydrogens is 1120 g/mol. The Morgan fingerprint density at radius 1 is 0.953 bits per heavy atom. The van der Waals surface area contributed by atoms with Gasteiger partial charge < -0.3 is 27.9 Å². The van der Waals surface area contributed by atoms with Gasteiger partial charge in [0, 0.05) is 18.8 Å². The number of aliphatic hydroxyl groups excluding tert-OH is 1. The Kier molecular flexibility index (Phi) is 35.2. The van der Waals surface area contributed by atoms with Gasteiger partial charge in [0.25, 0.3) is 6.36 Å². The minimum absolute atomic E-state index is 0. The average molecular weight is 1190 g/mol. The van der Waals surface area contributed by atoms with Crippen molar-refractivity contribution < 1.29 is 41.1 Å². The van der Waals surface area contributed by atoms with Crippen LogP contribution in [-0.2, 0) is 17.7 Å². The summed E-state index contributed by atoms with van der Waals surface area (Å²) in [4.78, 5) is 0. The minimum atomic E-state index is -4.43. The molecule has 4 unspecified atom stereocenters. The molecule has 14 heteroatoms. The van der Waals surface area contributed by atoms with Gasteiger partial charge in [0.15, 0.2) is 17.4 Å². The third kappa shape index (κ3) is 32.4.